The minimum Gasteiger partial charge on any atom is -0.396 e. The number of aliphatic imine (C=N–C) groups is 1. The highest BCUT2D eigenvalue weighted by atomic mass is 127. The van der Waals surface area contributed by atoms with Gasteiger partial charge < -0.3 is 20.5 Å². The smallest absolute Gasteiger partial charge is 0.191 e. The summed E-state index contributed by atoms with van der Waals surface area (Å²) in [5.74, 6) is 0.809. The second-order valence-corrected chi connectivity index (χ2v) is 7.30. The summed E-state index contributed by atoms with van der Waals surface area (Å²) in [5.41, 5.74) is 1.04. The van der Waals surface area contributed by atoms with Crippen molar-refractivity contribution >= 4 is 29.9 Å². The monoisotopic (exact) mass is 461 g/mol. The molecule has 5 nitrogen and oxygen atoms in total. The molecule has 1 fully saturated rings. The first-order valence-electron chi connectivity index (χ1n) is 8.56. The highest BCUT2D eigenvalue weighted by molar-refractivity contribution is 14.0. The molecule has 1 saturated carbocycles. The van der Waals surface area contributed by atoms with Crippen molar-refractivity contribution in [2.45, 2.75) is 44.8 Å². The van der Waals surface area contributed by atoms with Gasteiger partial charge in [0.15, 0.2) is 5.96 Å². The minimum absolute atomic E-state index is 0. The Morgan fingerprint density at radius 1 is 1.32 bits per heavy atom. The number of hydrogen-bond donors (Lipinski definition) is 3. The molecule has 0 spiro atoms. The van der Waals surface area contributed by atoms with Crippen molar-refractivity contribution in [2.24, 2.45) is 10.4 Å². The number of aliphatic hydroxyl groups excluding tert-OH is 1. The zero-order valence-corrected chi connectivity index (χ0v) is 18.2. The number of guanidine groups is 1. The molecular weight excluding hydrogens is 429 g/mol. The molecule has 1 aliphatic rings. The van der Waals surface area contributed by atoms with Crippen LogP contribution >= 0.6 is 24.0 Å². The van der Waals surface area contributed by atoms with E-state index in [9.17, 15) is 5.11 Å². The maximum atomic E-state index is 9.67. The van der Waals surface area contributed by atoms with Gasteiger partial charge in [-0.15, -0.1) is 24.0 Å². The third-order valence-corrected chi connectivity index (χ3v) is 5.82. The zero-order chi connectivity index (χ0) is 17.8. The molecule has 2 rings (SSSR count). The van der Waals surface area contributed by atoms with Gasteiger partial charge >= 0.3 is 0 Å². The van der Waals surface area contributed by atoms with E-state index in [-0.39, 0.29) is 47.5 Å². The van der Waals surface area contributed by atoms with Crippen LogP contribution in [-0.2, 0) is 4.74 Å². The molecule has 6 heteroatoms. The van der Waals surface area contributed by atoms with Gasteiger partial charge in [-0.25, -0.2) is 0 Å². The standard InChI is InChI=1S/C19H31N3O2.HI/c1-18(2)16(11-19(18,3)24-5)22-17(20-4)21-12-15(13-23)14-9-7-6-8-10-14;/h6-10,15-16,23H,11-13H2,1-5H3,(H2,20,21,22);1H. The van der Waals surface area contributed by atoms with Gasteiger partial charge in [0.2, 0.25) is 0 Å². The number of ether oxygens (including phenoxy) is 1. The number of aliphatic hydroxyl groups is 1. The molecule has 0 aliphatic heterocycles. The molecule has 3 unspecified atom stereocenters. The fraction of sp³-hybridized carbons (Fsp3) is 0.632. The van der Waals surface area contributed by atoms with E-state index >= 15 is 0 Å². The number of halogens is 1. The van der Waals surface area contributed by atoms with Gasteiger partial charge in [0, 0.05) is 38.1 Å². The first-order chi connectivity index (χ1) is 11.4. The van der Waals surface area contributed by atoms with Crippen molar-refractivity contribution in [1.82, 2.24) is 10.6 Å². The summed E-state index contributed by atoms with van der Waals surface area (Å²) in [6, 6.07) is 10.4. The molecule has 0 saturated heterocycles. The van der Waals surface area contributed by atoms with Crippen LogP contribution in [0.4, 0.5) is 0 Å². The molecule has 25 heavy (non-hydrogen) atoms. The van der Waals surface area contributed by atoms with Crippen LogP contribution in [0.2, 0.25) is 0 Å². The Bertz CT molecular complexity index is 565. The lowest BCUT2D eigenvalue weighted by molar-refractivity contribution is -0.176. The van der Waals surface area contributed by atoms with Crippen LogP contribution in [0.5, 0.6) is 0 Å². The van der Waals surface area contributed by atoms with E-state index in [1.165, 1.54) is 0 Å². The van der Waals surface area contributed by atoms with Crippen molar-refractivity contribution in [3.63, 3.8) is 0 Å². The van der Waals surface area contributed by atoms with Crippen molar-refractivity contribution in [2.75, 3.05) is 27.3 Å². The van der Waals surface area contributed by atoms with E-state index in [1.54, 1.807) is 14.2 Å². The fourth-order valence-electron chi connectivity index (χ4n) is 3.32. The van der Waals surface area contributed by atoms with Gasteiger partial charge in [-0.1, -0.05) is 44.2 Å². The van der Waals surface area contributed by atoms with Crippen LogP contribution in [0.1, 0.15) is 38.7 Å². The molecule has 0 bridgehead atoms. The van der Waals surface area contributed by atoms with E-state index in [0.717, 1.165) is 17.9 Å². The van der Waals surface area contributed by atoms with Gasteiger partial charge in [0.05, 0.1) is 12.2 Å². The van der Waals surface area contributed by atoms with E-state index in [1.807, 2.05) is 30.3 Å². The van der Waals surface area contributed by atoms with Gasteiger partial charge in [-0.2, -0.15) is 0 Å². The first kappa shape index (κ1) is 22.2. The summed E-state index contributed by atoms with van der Waals surface area (Å²) in [6.07, 6.45) is 0.944. The molecule has 0 aromatic heterocycles. The Kier molecular flexibility index (Phi) is 8.15. The molecule has 3 N–H and O–H groups in total. The van der Waals surface area contributed by atoms with E-state index in [4.69, 9.17) is 4.74 Å². The lowest BCUT2D eigenvalue weighted by Crippen LogP contribution is -2.69. The Balaban J connectivity index is 0.00000312. The number of benzene rings is 1. The van der Waals surface area contributed by atoms with Crippen molar-refractivity contribution in [3.8, 4) is 0 Å². The Hall–Kier alpha value is -0.860. The first-order valence-corrected chi connectivity index (χ1v) is 8.56. The quantitative estimate of drug-likeness (QED) is 0.347. The number of rotatable bonds is 6. The molecule has 3 atom stereocenters. The fourth-order valence-corrected chi connectivity index (χ4v) is 3.32. The second-order valence-electron chi connectivity index (χ2n) is 7.30. The molecule has 142 valence electrons. The van der Waals surface area contributed by atoms with Crippen LogP contribution in [0.15, 0.2) is 35.3 Å². The SMILES string of the molecule is CN=C(NCC(CO)c1ccccc1)NC1CC(C)(OC)C1(C)C.I. The Morgan fingerprint density at radius 2 is 1.96 bits per heavy atom. The van der Waals surface area contributed by atoms with Gasteiger partial charge in [-0.05, 0) is 18.9 Å². The van der Waals surface area contributed by atoms with E-state index in [2.05, 4.69) is 36.4 Å². The predicted octanol–water partition coefficient (Wildman–Crippen LogP) is 2.75. The van der Waals surface area contributed by atoms with Crippen LogP contribution < -0.4 is 10.6 Å². The number of methoxy groups -OCH3 is 1. The van der Waals surface area contributed by atoms with Crippen molar-refractivity contribution < 1.29 is 9.84 Å². The van der Waals surface area contributed by atoms with Crippen LogP contribution in [-0.4, -0.2) is 50.0 Å². The summed E-state index contributed by atoms with van der Waals surface area (Å²) in [6.45, 7) is 7.31. The summed E-state index contributed by atoms with van der Waals surface area (Å²) in [7, 11) is 3.55. The lowest BCUT2D eigenvalue weighted by Gasteiger charge is -2.59. The zero-order valence-electron chi connectivity index (χ0n) is 15.9. The molecule has 1 aliphatic carbocycles. The molecule has 0 radical (unpaired) electrons. The topological polar surface area (TPSA) is 65.9 Å². The number of nitrogens with zero attached hydrogens (tertiary/aromatic N) is 1. The van der Waals surface area contributed by atoms with Crippen molar-refractivity contribution in [3.05, 3.63) is 35.9 Å². The van der Waals surface area contributed by atoms with Crippen LogP contribution in [0.3, 0.4) is 0 Å². The van der Waals surface area contributed by atoms with Gasteiger partial charge in [-0.3, -0.25) is 4.99 Å². The molecule has 1 aromatic carbocycles. The van der Waals surface area contributed by atoms with E-state index in [0.29, 0.717) is 12.6 Å². The normalized spacial score (nSPS) is 26.2. The minimum atomic E-state index is -0.110. The molecule has 0 heterocycles. The Morgan fingerprint density at radius 3 is 2.44 bits per heavy atom. The summed E-state index contributed by atoms with van der Waals surface area (Å²) >= 11 is 0. The predicted molar refractivity (Wildman–Crippen MR) is 114 cm³/mol. The number of nitrogens with one attached hydrogen (secondary N) is 2. The molecular formula is C19H32IN3O2. The maximum absolute atomic E-state index is 9.67. The summed E-state index contributed by atoms with van der Waals surface area (Å²) in [4.78, 5) is 4.32. The third-order valence-electron chi connectivity index (χ3n) is 5.82. The van der Waals surface area contributed by atoms with Crippen LogP contribution in [0, 0.1) is 5.41 Å². The third kappa shape index (κ3) is 4.65. The van der Waals surface area contributed by atoms with Gasteiger partial charge in [0.25, 0.3) is 0 Å². The maximum Gasteiger partial charge on any atom is 0.191 e. The van der Waals surface area contributed by atoms with E-state index < -0.39 is 0 Å². The lowest BCUT2D eigenvalue weighted by atomic mass is 9.56. The van der Waals surface area contributed by atoms with Crippen LogP contribution in [0.25, 0.3) is 0 Å². The number of hydrogen-bond acceptors (Lipinski definition) is 3. The summed E-state index contributed by atoms with van der Waals surface area (Å²) in [5, 5.41) is 16.5. The Labute approximate surface area is 168 Å². The van der Waals surface area contributed by atoms with Gasteiger partial charge in [0.1, 0.15) is 0 Å². The highest BCUT2D eigenvalue weighted by Crippen LogP contribution is 2.51. The average molecular weight is 461 g/mol. The highest BCUT2D eigenvalue weighted by Gasteiger charge is 2.58. The molecule has 1 aromatic rings. The average Bonchev–Trinajstić information content (AvgIpc) is 2.60. The second kappa shape index (κ2) is 9.19. The largest absolute Gasteiger partial charge is 0.396 e. The van der Waals surface area contributed by atoms with Crippen molar-refractivity contribution in [1.29, 1.82) is 0 Å². The summed E-state index contributed by atoms with van der Waals surface area (Å²) < 4.78 is 5.67. The molecule has 0 amide bonds.